The molecular formula is C21H20FN3O4S. The highest BCUT2D eigenvalue weighted by Gasteiger charge is 2.16. The van der Waals surface area contributed by atoms with Crippen molar-refractivity contribution in [3.63, 3.8) is 0 Å². The number of hydrogen-bond donors (Lipinski definition) is 2. The topological polar surface area (TPSA) is 97.4 Å². The van der Waals surface area contributed by atoms with Crippen molar-refractivity contribution in [2.24, 2.45) is 0 Å². The zero-order valence-electron chi connectivity index (χ0n) is 16.3. The van der Waals surface area contributed by atoms with Crippen LogP contribution in [-0.4, -0.2) is 26.4 Å². The van der Waals surface area contributed by atoms with Crippen LogP contribution in [0.3, 0.4) is 0 Å². The molecule has 2 N–H and O–H groups in total. The van der Waals surface area contributed by atoms with E-state index in [9.17, 15) is 17.6 Å². The molecule has 156 valence electrons. The molecule has 0 aliphatic heterocycles. The van der Waals surface area contributed by atoms with Gasteiger partial charge in [-0.1, -0.05) is 12.1 Å². The molecule has 9 heteroatoms. The van der Waals surface area contributed by atoms with Crippen LogP contribution in [0.15, 0.2) is 65.7 Å². The van der Waals surface area contributed by atoms with Crippen LogP contribution in [0.4, 0.5) is 10.1 Å². The van der Waals surface area contributed by atoms with Gasteiger partial charge >= 0.3 is 0 Å². The van der Waals surface area contributed by atoms with Crippen molar-refractivity contribution in [3.05, 3.63) is 83.3 Å². The Morgan fingerprint density at radius 3 is 2.67 bits per heavy atom. The van der Waals surface area contributed by atoms with Crippen LogP contribution in [-0.2, 0) is 16.6 Å². The van der Waals surface area contributed by atoms with E-state index in [1.807, 2.05) is 0 Å². The van der Waals surface area contributed by atoms with E-state index in [0.717, 1.165) is 11.6 Å². The van der Waals surface area contributed by atoms with Gasteiger partial charge in [0.25, 0.3) is 15.9 Å². The lowest BCUT2D eigenvalue weighted by Gasteiger charge is -2.11. The number of methoxy groups -OCH3 is 1. The number of rotatable bonds is 7. The molecule has 3 aromatic rings. The summed E-state index contributed by atoms with van der Waals surface area (Å²) in [5, 5.41) is 2.75. The molecule has 0 radical (unpaired) electrons. The fraction of sp³-hybridized carbons (Fsp3) is 0.143. The number of amides is 1. The fourth-order valence-corrected chi connectivity index (χ4v) is 3.70. The molecule has 3 rings (SSSR count). The van der Waals surface area contributed by atoms with Gasteiger partial charge in [0.05, 0.1) is 12.0 Å². The van der Waals surface area contributed by atoms with Crippen LogP contribution < -0.4 is 14.8 Å². The van der Waals surface area contributed by atoms with Gasteiger partial charge in [0.1, 0.15) is 5.82 Å². The maximum Gasteiger partial charge on any atom is 0.261 e. The molecule has 0 aliphatic rings. The fourth-order valence-electron chi connectivity index (χ4n) is 2.64. The highest BCUT2D eigenvalue weighted by atomic mass is 32.2. The van der Waals surface area contributed by atoms with E-state index in [1.54, 1.807) is 37.4 Å². The molecule has 1 aromatic heterocycles. The van der Waals surface area contributed by atoms with Gasteiger partial charge in [-0.05, 0) is 54.4 Å². The number of halogens is 1. The van der Waals surface area contributed by atoms with Gasteiger partial charge in [-0.3, -0.25) is 9.52 Å². The summed E-state index contributed by atoms with van der Waals surface area (Å²) >= 11 is 0. The minimum absolute atomic E-state index is 0.189. The van der Waals surface area contributed by atoms with Crippen molar-refractivity contribution in [1.82, 2.24) is 10.3 Å². The number of hydrogen-bond acceptors (Lipinski definition) is 5. The van der Waals surface area contributed by atoms with Gasteiger partial charge in [0, 0.05) is 30.1 Å². The molecule has 0 unspecified atom stereocenters. The normalized spacial score (nSPS) is 11.0. The summed E-state index contributed by atoms with van der Waals surface area (Å²) in [5.41, 5.74) is 1.61. The monoisotopic (exact) mass is 429 g/mol. The first kappa shape index (κ1) is 21.3. The third-order valence-electron chi connectivity index (χ3n) is 4.29. The first-order valence-corrected chi connectivity index (χ1v) is 10.4. The maximum atomic E-state index is 13.7. The first-order valence-electron chi connectivity index (χ1n) is 8.94. The lowest BCUT2D eigenvalue weighted by molar-refractivity contribution is 0.0951. The van der Waals surface area contributed by atoms with Crippen molar-refractivity contribution in [2.75, 3.05) is 11.8 Å². The van der Waals surface area contributed by atoms with E-state index in [4.69, 9.17) is 4.74 Å². The SMILES string of the molecule is COc1cc(CNC(=O)c2cccc(NS(=O)(=O)c3ccc(C)c(F)c3)c2)ccn1. The summed E-state index contributed by atoms with van der Waals surface area (Å²) in [4.78, 5) is 16.3. The molecule has 1 heterocycles. The average Bonchev–Trinajstić information content (AvgIpc) is 2.74. The van der Waals surface area contributed by atoms with Gasteiger partial charge in [0.2, 0.25) is 5.88 Å². The Labute approximate surface area is 174 Å². The Hall–Kier alpha value is -3.46. The molecule has 0 saturated heterocycles. The minimum atomic E-state index is -4.00. The van der Waals surface area contributed by atoms with E-state index < -0.39 is 15.8 Å². The molecular weight excluding hydrogens is 409 g/mol. The number of nitrogens with one attached hydrogen (secondary N) is 2. The predicted octanol–water partition coefficient (Wildman–Crippen LogP) is 3.27. The first-order chi connectivity index (χ1) is 14.3. The molecule has 2 aromatic carbocycles. The van der Waals surface area contributed by atoms with E-state index in [2.05, 4.69) is 15.0 Å². The summed E-state index contributed by atoms with van der Waals surface area (Å²) in [5.74, 6) is -0.558. The van der Waals surface area contributed by atoms with Crippen LogP contribution in [0.5, 0.6) is 5.88 Å². The van der Waals surface area contributed by atoms with Crippen LogP contribution in [0.25, 0.3) is 0 Å². The number of carbonyl (C=O) groups excluding carboxylic acids is 1. The number of carbonyl (C=O) groups is 1. The molecule has 1 amide bonds. The van der Waals surface area contributed by atoms with Crippen molar-refractivity contribution in [2.45, 2.75) is 18.4 Å². The Balaban J connectivity index is 1.71. The van der Waals surface area contributed by atoms with Gasteiger partial charge in [0.15, 0.2) is 0 Å². The number of aromatic nitrogens is 1. The van der Waals surface area contributed by atoms with E-state index >= 15 is 0 Å². The second kappa shape index (κ2) is 8.91. The van der Waals surface area contributed by atoms with Gasteiger partial charge in [-0.2, -0.15) is 0 Å². The Morgan fingerprint density at radius 2 is 1.93 bits per heavy atom. The third kappa shape index (κ3) is 5.12. The summed E-state index contributed by atoms with van der Waals surface area (Å²) in [7, 11) is -2.50. The number of pyridine rings is 1. The predicted molar refractivity (Wildman–Crippen MR) is 110 cm³/mol. The Morgan fingerprint density at radius 1 is 1.13 bits per heavy atom. The van der Waals surface area contributed by atoms with Crippen molar-refractivity contribution >= 4 is 21.6 Å². The second-order valence-electron chi connectivity index (χ2n) is 6.49. The largest absolute Gasteiger partial charge is 0.481 e. The van der Waals surface area contributed by atoms with E-state index in [0.29, 0.717) is 11.4 Å². The highest BCUT2D eigenvalue weighted by Crippen LogP contribution is 2.19. The number of benzene rings is 2. The zero-order chi connectivity index (χ0) is 21.7. The Bertz CT molecular complexity index is 1180. The quantitative estimate of drug-likeness (QED) is 0.601. The van der Waals surface area contributed by atoms with Crippen LogP contribution in [0, 0.1) is 12.7 Å². The van der Waals surface area contributed by atoms with Gasteiger partial charge in [-0.25, -0.2) is 17.8 Å². The third-order valence-corrected chi connectivity index (χ3v) is 5.67. The molecule has 30 heavy (non-hydrogen) atoms. The number of nitrogens with zero attached hydrogens (tertiary/aromatic N) is 1. The highest BCUT2D eigenvalue weighted by molar-refractivity contribution is 7.92. The molecule has 0 fully saturated rings. The second-order valence-corrected chi connectivity index (χ2v) is 8.17. The van der Waals surface area contributed by atoms with E-state index in [1.165, 1.54) is 31.4 Å². The van der Waals surface area contributed by atoms with Crippen LogP contribution in [0.2, 0.25) is 0 Å². The Kier molecular flexibility index (Phi) is 6.31. The number of ether oxygens (including phenoxy) is 1. The molecule has 0 aliphatic carbocycles. The van der Waals surface area contributed by atoms with E-state index in [-0.39, 0.29) is 28.6 Å². The van der Waals surface area contributed by atoms with Crippen molar-refractivity contribution in [3.8, 4) is 5.88 Å². The van der Waals surface area contributed by atoms with Gasteiger partial charge < -0.3 is 10.1 Å². The lowest BCUT2D eigenvalue weighted by atomic mass is 10.2. The summed E-state index contributed by atoms with van der Waals surface area (Å²) in [6.45, 7) is 1.79. The zero-order valence-corrected chi connectivity index (χ0v) is 17.2. The maximum absolute atomic E-state index is 13.7. The number of sulfonamides is 1. The van der Waals surface area contributed by atoms with Gasteiger partial charge in [-0.15, -0.1) is 0 Å². The molecule has 7 nitrogen and oxygen atoms in total. The van der Waals surface area contributed by atoms with Crippen molar-refractivity contribution < 1.29 is 22.3 Å². The average molecular weight is 429 g/mol. The molecule has 0 bridgehead atoms. The summed E-state index contributed by atoms with van der Waals surface area (Å²) in [6, 6.07) is 13.1. The summed E-state index contributed by atoms with van der Waals surface area (Å²) < 4.78 is 46.2. The lowest BCUT2D eigenvalue weighted by Crippen LogP contribution is -2.23. The minimum Gasteiger partial charge on any atom is -0.481 e. The smallest absolute Gasteiger partial charge is 0.261 e. The van der Waals surface area contributed by atoms with Crippen LogP contribution >= 0.6 is 0 Å². The number of anilines is 1. The standard InChI is InChI=1S/C21H20FN3O4S/c1-14-6-7-18(12-19(14)22)30(27,28)25-17-5-3-4-16(11-17)21(26)24-13-15-8-9-23-20(10-15)29-2/h3-12,25H,13H2,1-2H3,(H,24,26). The number of aryl methyl sites for hydroxylation is 1. The summed E-state index contributed by atoms with van der Waals surface area (Å²) in [6.07, 6.45) is 1.57. The molecule has 0 saturated carbocycles. The van der Waals surface area contributed by atoms with Crippen molar-refractivity contribution in [1.29, 1.82) is 0 Å². The van der Waals surface area contributed by atoms with Crippen LogP contribution in [0.1, 0.15) is 21.5 Å². The molecule has 0 atom stereocenters. The molecule has 0 spiro atoms.